The van der Waals surface area contributed by atoms with Crippen LogP contribution in [0.25, 0.3) is 0 Å². The SMILES string of the molecule is N#Cc1cccc(Nc2ccnc(C(=O)NCc3ccc(F)cc3)c2)c1. The van der Waals surface area contributed by atoms with Crippen LogP contribution in [0, 0.1) is 17.1 Å². The highest BCUT2D eigenvalue weighted by Crippen LogP contribution is 2.18. The van der Waals surface area contributed by atoms with E-state index in [9.17, 15) is 9.18 Å². The van der Waals surface area contributed by atoms with E-state index in [1.165, 1.54) is 18.3 Å². The Balaban J connectivity index is 1.67. The van der Waals surface area contributed by atoms with Gasteiger partial charge in [0, 0.05) is 24.1 Å². The molecule has 26 heavy (non-hydrogen) atoms. The van der Waals surface area contributed by atoms with Crippen LogP contribution in [0.15, 0.2) is 66.9 Å². The summed E-state index contributed by atoms with van der Waals surface area (Å²) in [6, 6.07) is 18.4. The van der Waals surface area contributed by atoms with Gasteiger partial charge in [-0.1, -0.05) is 18.2 Å². The van der Waals surface area contributed by atoms with Crippen molar-refractivity contribution in [2.75, 3.05) is 5.32 Å². The van der Waals surface area contributed by atoms with Crippen LogP contribution in [0.4, 0.5) is 15.8 Å². The quantitative estimate of drug-likeness (QED) is 0.737. The normalized spacial score (nSPS) is 10.0. The maximum Gasteiger partial charge on any atom is 0.270 e. The number of aromatic nitrogens is 1. The van der Waals surface area contributed by atoms with Gasteiger partial charge in [-0.2, -0.15) is 5.26 Å². The van der Waals surface area contributed by atoms with Gasteiger partial charge < -0.3 is 10.6 Å². The second kappa shape index (κ2) is 7.90. The Kier molecular flexibility index (Phi) is 5.20. The number of nitrogens with one attached hydrogen (secondary N) is 2. The first-order valence-electron chi connectivity index (χ1n) is 7.90. The number of nitriles is 1. The number of benzene rings is 2. The lowest BCUT2D eigenvalue weighted by molar-refractivity contribution is 0.0946. The summed E-state index contributed by atoms with van der Waals surface area (Å²) >= 11 is 0. The smallest absolute Gasteiger partial charge is 0.270 e. The Bertz CT molecular complexity index is 964. The van der Waals surface area contributed by atoms with Crippen molar-refractivity contribution in [2.45, 2.75) is 6.54 Å². The second-order valence-electron chi connectivity index (χ2n) is 5.56. The average molecular weight is 346 g/mol. The maximum atomic E-state index is 12.9. The third kappa shape index (κ3) is 4.42. The van der Waals surface area contributed by atoms with Gasteiger partial charge in [0.1, 0.15) is 11.5 Å². The molecule has 0 saturated heterocycles. The Hall–Kier alpha value is -3.72. The highest BCUT2D eigenvalue weighted by Gasteiger charge is 2.08. The predicted molar refractivity (Wildman–Crippen MR) is 96.2 cm³/mol. The molecule has 0 unspecified atom stereocenters. The molecule has 0 bridgehead atoms. The van der Waals surface area contributed by atoms with Crippen LogP contribution in [-0.4, -0.2) is 10.9 Å². The summed E-state index contributed by atoms with van der Waals surface area (Å²) in [6.45, 7) is 0.280. The number of hydrogen-bond donors (Lipinski definition) is 2. The molecule has 1 amide bonds. The van der Waals surface area contributed by atoms with Crippen molar-refractivity contribution >= 4 is 17.3 Å². The van der Waals surface area contributed by atoms with Gasteiger partial charge in [-0.3, -0.25) is 9.78 Å². The molecular formula is C20H15FN4O. The number of anilines is 2. The summed E-state index contributed by atoms with van der Waals surface area (Å²) in [5.41, 5.74) is 3.02. The Morgan fingerprint density at radius 1 is 1.08 bits per heavy atom. The number of nitrogens with zero attached hydrogens (tertiary/aromatic N) is 2. The van der Waals surface area contributed by atoms with E-state index in [-0.39, 0.29) is 24.0 Å². The van der Waals surface area contributed by atoms with E-state index in [1.54, 1.807) is 42.5 Å². The van der Waals surface area contributed by atoms with E-state index in [1.807, 2.05) is 6.07 Å². The van der Waals surface area contributed by atoms with Gasteiger partial charge >= 0.3 is 0 Å². The summed E-state index contributed by atoms with van der Waals surface area (Å²) in [5.74, 6) is -0.648. The molecule has 2 aromatic carbocycles. The first-order valence-corrected chi connectivity index (χ1v) is 7.90. The van der Waals surface area contributed by atoms with Crippen LogP contribution in [0.3, 0.4) is 0 Å². The van der Waals surface area contributed by atoms with Crippen LogP contribution in [0.5, 0.6) is 0 Å². The summed E-state index contributed by atoms with van der Waals surface area (Å²) in [7, 11) is 0. The first-order chi connectivity index (χ1) is 12.6. The summed E-state index contributed by atoms with van der Waals surface area (Å²) in [4.78, 5) is 16.3. The van der Waals surface area contributed by atoms with Crippen molar-refractivity contribution in [1.82, 2.24) is 10.3 Å². The van der Waals surface area contributed by atoms with Gasteiger partial charge in [0.2, 0.25) is 0 Å². The summed E-state index contributed by atoms with van der Waals surface area (Å²) < 4.78 is 12.9. The fraction of sp³-hybridized carbons (Fsp3) is 0.0500. The minimum atomic E-state index is -0.330. The Labute approximate surface area is 150 Å². The molecule has 6 heteroatoms. The highest BCUT2D eigenvalue weighted by molar-refractivity contribution is 5.93. The third-order valence-electron chi connectivity index (χ3n) is 3.64. The molecule has 3 aromatic rings. The lowest BCUT2D eigenvalue weighted by atomic mass is 10.2. The lowest BCUT2D eigenvalue weighted by Gasteiger charge is -2.09. The topological polar surface area (TPSA) is 77.8 Å². The van der Waals surface area contributed by atoms with Crippen molar-refractivity contribution in [2.24, 2.45) is 0 Å². The van der Waals surface area contributed by atoms with Gasteiger partial charge in [0.15, 0.2) is 0 Å². The number of hydrogen-bond acceptors (Lipinski definition) is 4. The van der Waals surface area contributed by atoms with Gasteiger partial charge in [-0.25, -0.2) is 4.39 Å². The van der Waals surface area contributed by atoms with Crippen molar-refractivity contribution in [3.63, 3.8) is 0 Å². The molecule has 0 aliphatic heterocycles. The van der Waals surface area contributed by atoms with E-state index >= 15 is 0 Å². The molecule has 0 radical (unpaired) electrons. The first kappa shape index (κ1) is 17.1. The number of halogens is 1. The summed E-state index contributed by atoms with van der Waals surface area (Å²) in [5, 5.41) is 14.8. The van der Waals surface area contributed by atoms with Gasteiger partial charge in [0.05, 0.1) is 11.6 Å². The number of rotatable bonds is 5. The lowest BCUT2D eigenvalue weighted by Crippen LogP contribution is -2.23. The molecular weight excluding hydrogens is 331 g/mol. The third-order valence-corrected chi connectivity index (χ3v) is 3.64. The van der Waals surface area contributed by atoms with Crippen molar-refractivity contribution < 1.29 is 9.18 Å². The van der Waals surface area contributed by atoms with E-state index < -0.39 is 0 Å². The van der Waals surface area contributed by atoms with Crippen LogP contribution in [0.2, 0.25) is 0 Å². The summed E-state index contributed by atoms with van der Waals surface area (Å²) in [6.07, 6.45) is 1.53. The minimum Gasteiger partial charge on any atom is -0.355 e. The Morgan fingerprint density at radius 3 is 2.62 bits per heavy atom. The van der Waals surface area contributed by atoms with Crippen LogP contribution < -0.4 is 10.6 Å². The molecule has 0 aliphatic rings. The molecule has 3 rings (SSSR count). The van der Waals surface area contributed by atoms with E-state index in [0.29, 0.717) is 11.3 Å². The fourth-order valence-electron chi connectivity index (χ4n) is 2.34. The fourth-order valence-corrected chi connectivity index (χ4v) is 2.34. The molecule has 1 heterocycles. The minimum absolute atomic E-state index is 0.258. The van der Waals surface area contributed by atoms with Crippen LogP contribution >= 0.6 is 0 Å². The van der Waals surface area contributed by atoms with Gasteiger partial charge in [-0.05, 0) is 48.0 Å². The monoisotopic (exact) mass is 346 g/mol. The molecule has 0 fully saturated rings. The molecule has 0 saturated carbocycles. The highest BCUT2D eigenvalue weighted by atomic mass is 19.1. The van der Waals surface area contributed by atoms with Crippen molar-refractivity contribution in [3.8, 4) is 6.07 Å². The molecule has 1 aromatic heterocycles. The van der Waals surface area contributed by atoms with Crippen LogP contribution in [-0.2, 0) is 6.54 Å². The predicted octanol–water partition coefficient (Wildman–Crippen LogP) is 3.77. The van der Waals surface area contributed by atoms with E-state index in [4.69, 9.17) is 5.26 Å². The molecule has 2 N–H and O–H groups in total. The maximum absolute atomic E-state index is 12.9. The van der Waals surface area contributed by atoms with Gasteiger partial charge in [-0.15, -0.1) is 0 Å². The number of amides is 1. The van der Waals surface area contributed by atoms with E-state index in [0.717, 1.165) is 11.3 Å². The number of carbonyl (C=O) groups is 1. The van der Waals surface area contributed by atoms with Gasteiger partial charge in [0.25, 0.3) is 5.91 Å². The standard InChI is InChI=1S/C20H15FN4O/c21-16-6-4-14(5-7-16)13-24-20(26)19-11-18(8-9-23-19)25-17-3-1-2-15(10-17)12-22/h1-11H,13H2,(H,23,25)(H,24,26). The Morgan fingerprint density at radius 2 is 1.85 bits per heavy atom. The number of carbonyl (C=O) groups excluding carboxylic acids is 1. The molecule has 0 spiro atoms. The van der Waals surface area contributed by atoms with Crippen molar-refractivity contribution in [3.05, 3.63) is 89.5 Å². The van der Waals surface area contributed by atoms with Crippen LogP contribution in [0.1, 0.15) is 21.6 Å². The van der Waals surface area contributed by atoms with E-state index in [2.05, 4.69) is 21.7 Å². The molecule has 128 valence electrons. The zero-order chi connectivity index (χ0) is 18.4. The largest absolute Gasteiger partial charge is 0.355 e. The van der Waals surface area contributed by atoms with Crippen molar-refractivity contribution in [1.29, 1.82) is 5.26 Å². The molecule has 0 atom stereocenters. The average Bonchev–Trinajstić information content (AvgIpc) is 2.67. The number of pyridine rings is 1. The zero-order valence-electron chi connectivity index (χ0n) is 13.7. The second-order valence-corrected chi connectivity index (χ2v) is 5.56. The molecule has 0 aliphatic carbocycles. The molecule has 5 nitrogen and oxygen atoms in total. The zero-order valence-corrected chi connectivity index (χ0v) is 13.7.